The molecule has 116 valence electrons. The fourth-order valence-corrected chi connectivity index (χ4v) is 2.58. The van der Waals surface area contributed by atoms with Crippen molar-refractivity contribution in [1.82, 2.24) is 5.32 Å². The summed E-state index contributed by atoms with van der Waals surface area (Å²) >= 11 is 7.11. The normalized spacial score (nSPS) is 10.9. The van der Waals surface area contributed by atoms with E-state index < -0.39 is 0 Å². The summed E-state index contributed by atoms with van der Waals surface area (Å²) in [5.74, 6) is 0.618. The topological polar surface area (TPSA) is 50.4 Å². The lowest BCUT2D eigenvalue weighted by atomic mass is 10.2. The van der Waals surface area contributed by atoms with Gasteiger partial charge >= 0.3 is 5.97 Å². The molecule has 0 amide bonds. The van der Waals surface area contributed by atoms with E-state index in [0.29, 0.717) is 10.7 Å². The first-order chi connectivity index (χ1) is 9.81. The Kier molecular flexibility index (Phi) is 6.98. The van der Waals surface area contributed by atoms with E-state index in [1.165, 1.54) is 7.11 Å². The summed E-state index contributed by atoms with van der Waals surface area (Å²) in [5.41, 5.74) is 1.26. The predicted molar refractivity (Wildman–Crippen MR) is 94.2 cm³/mol. The molecule has 1 aromatic rings. The van der Waals surface area contributed by atoms with Gasteiger partial charge in [-0.15, -0.1) is 0 Å². The van der Waals surface area contributed by atoms with Crippen LogP contribution < -0.4 is 10.6 Å². The van der Waals surface area contributed by atoms with Crippen molar-refractivity contribution in [3.8, 4) is 0 Å². The van der Waals surface area contributed by atoms with Gasteiger partial charge in [-0.05, 0) is 30.4 Å². The largest absolute Gasteiger partial charge is 0.465 e. The highest BCUT2D eigenvalue weighted by molar-refractivity contribution is 8.00. The molecule has 0 fully saturated rings. The first-order valence-electron chi connectivity index (χ1n) is 6.69. The van der Waals surface area contributed by atoms with Crippen molar-refractivity contribution in [3.05, 3.63) is 29.8 Å². The Morgan fingerprint density at radius 3 is 2.71 bits per heavy atom. The molecule has 0 saturated heterocycles. The van der Waals surface area contributed by atoms with Gasteiger partial charge in [0.2, 0.25) is 0 Å². The number of ether oxygens (including phenoxy) is 1. The lowest BCUT2D eigenvalue weighted by Gasteiger charge is -2.18. The van der Waals surface area contributed by atoms with Crippen LogP contribution in [0, 0.1) is 0 Å². The van der Waals surface area contributed by atoms with Crippen molar-refractivity contribution in [2.24, 2.45) is 0 Å². The molecule has 0 aliphatic heterocycles. The lowest BCUT2D eigenvalue weighted by Crippen LogP contribution is -2.31. The molecule has 21 heavy (non-hydrogen) atoms. The molecule has 0 atom stereocenters. The van der Waals surface area contributed by atoms with Gasteiger partial charge in [-0.25, -0.2) is 4.79 Å². The maximum atomic E-state index is 11.5. The number of carbonyl (C=O) groups excluding carboxylic acids is 1. The quantitative estimate of drug-likeness (QED) is 0.492. The Bertz CT molecular complexity index is 499. The molecule has 0 heterocycles. The number of carbonyl (C=O) groups is 1. The Balaban J connectivity index is 2.43. The molecule has 0 bridgehead atoms. The fourth-order valence-electron chi connectivity index (χ4n) is 1.54. The molecular formula is C15H22N2O2S2. The summed E-state index contributed by atoms with van der Waals surface area (Å²) < 4.78 is 4.95. The number of hydrogen-bond acceptors (Lipinski definition) is 4. The van der Waals surface area contributed by atoms with Crippen LogP contribution in [0.5, 0.6) is 0 Å². The Hall–Kier alpha value is -1.27. The molecule has 1 aromatic carbocycles. The minimum Gasteiger partial charge on any atom is -0.465 e. The van der Waals surface area contributed by atoms with Crippen LogP contribution >= 0.6 is 24.0 Å². The van der Waals surface area contributed by atoms with E-state index in [9.17, 15) is 4.79 Å². The van der Waals surface area contributed by atoms with Crippen molar-refractivity contribution in [2.75, 3.05) is 24.7 Å². The second-order valence-electron chi connectivity index (χ2n) is 5.41. The average Bonchev–Trinajstić information content (AvgIpc) is 2.42. The first kappa shape index (κ1) is 17.8. The van der Waals surface area contributed by atoms with Crippen LogP contribution in [0.4, 0.5) is 5.69 Å². The van der Waals surface area contributed by atoms with E-state index in [1.54, 1.807) is 18.2 Å². The SMILES string of the molecule is COC(=O)c1cccc(NC(=S)NCCSC(C)(C)C)c1. The molecule has 0 aromatic heterocycles. The van der Waals surface area contributed by atoms with Gasteiger partial charge in [-0.2, -0.15) is 11.8 Å². The number of methoxy groups -OCH3 is 1. The molecule has 2 N–H and O–H groups in total. The third-order valence-corrected chi connectivity index (χ3v) is 3.98. The van der Waals surface area contributed by atoms with Gasteiger partial charge in [0.05, 0.1) is 12.7 Å². The van der Waals surface area contributed by atoms with Crippen LogP contribution in [-0.2, 0) is 4.74 Å². The molecule has 0 aliphatic carbocycles. The molecule has 1 rings (SSSR count). The smallest absolute Gasteiger partial charge is 0.337 e. The number of benzene rings is 1. The molecule has 0 spiro atoms. The van der Waals surface area contributed by atoms with Crippen molar-refractivity contribution >= 4 is 40.7 Å². The zero-order valence-corrected chi connectivity index (χ0v) is 14.5. The third kappa shape index (κ3) is 7.34. The van der Waals surface area contributed by atoms with E-state index in [0.717, 1.165) is 18.0 Å². The number of rotatable bonds is 5. The van der Waals surface area contributed by atoms with Gasteiger partial charge in [-0.1, -0.05) is 26.8 Å². The fraction of sp³-hybridized carbons (Fsp3) is 0.467. The van der Waals surface area contributed by atoms with E-state index in [-0.39, 0.29) is 10.7 Å². The second-order valence-corrected chi connectivity index (χ2v) is 7.74. The van der Waals surface area contributed by atoms with Gasteiger partial charge < -0.3 is 15.4 Å². The van der Waals surface area contributed by atoms with Crippen LogP contribution in [0.3, 0.4) is 0 Å². The van der Waals surface area contributed by atoms with Crippen molar-refractivity contribution in [3.63, 3.8) is 0 Å². The number of thiocarbonyl (C=S) groups is 1. The van der Waals surface area contributed by atoms with Gasteiger partial charge in [0, 0.05) is 22.7 Å². The Morgan fingerprint density at radius 1 is 1.38 bits per heavy atom. The minimum atomic E-state index is -0.362. The summed E-state index contributed by atoms with van der Waals surface area (Å²) in [5, 5.41) is 6.76. The Labute approximate surface area is 136 Å². The summed E-state index contributed by atoms with van der Waals surface area (Å²) in [7, 11) is 1.36. The second kappa shape index (κ2) is 8.24. The summed E-state index contributed by atoms with van der Waals surface area (Å²) in [6.07, 6.45) is 0. The highest BCUT2D eigenvalue weighted by Gasteiger charge is 2.10. The summed E-state index contributed by atoms with van der Waals surface area (Å²) in [6, 6.07) is 7.05. The van der Waals surface area contributed by atoms with Crippen molar-refractivity contribution in [1.29, 1.82) is 0 Å². The molecule has 0 radical (unpaired) electrons. The van der Waals surface area contributed by atoms with Gasteiger partial charge in [-0.3, -0.25) is 0 Å². The highest BCUT2D eigenvalue weighted by atomic mass is 32.2. The predicted octanol–water partition coefficient (Wildman–Crippen LogP) is 3.29. The molecule has 0 aliphatic rings. The number of thioether (sulfide) groups is 1. The number of hydrogen-bond donors (Lipinski definition) is 2. The molecule has 4 nitrogen and oxygen atoms in total. The number of esters is 1. The van der Waals surface area contributed by atoms with E-state index >= 15 is 0 Å². The summed E-state index contributed by atoms with van der Waals surface area (Å²) in [6.45, 7) is 7.36. The molecule has 0 unspecified atom stereocenters. The van der Waals surface area contributed by atoms with E-state index in [2.05, 4.69) is 36.1 Å². The molecular weight excluding hydrogens is 304 g/mol. The number of anilines is 1. The standard InChI is InChI=1S/C15H22N2O2S2/c1-15(2,3)21-9-8-16-14(20)17-12-7-5-6-11(10-12)13(18)19-4/h5-7,10H,8-9H2,1-4H3,(H2,16,17,20). The maximum Gasteiger partial charge on any atom is 0.337 e. The number of nitrogens with one attached hydrogen (secondary N) is 2. The Morgan fingerprint density at radius 2 is 2.10 bits per heavy atom. The lowest BCUT2D eigenvalue weighted by molar-refractivity contribution is 0.0601. The minimum absolute atomic E-state index is 0.256. The first-order valence-corrected chi connectivity index (χ1v) is 8.08. The zero-order valence-electron chi connectivity index (χ0n) is 12.9. The van der Waals surface area contributed by atoms with Crippen LogP contribution in [0.1, 0.15) is 31.1 Å². The van der Waals surface area contributed by atoms with Gasteiger partial charge in [0.15, 0.2) is 5.11 Å². The highest BCUT2D eigenvalue weighted by Crippen LogP contribution is 2.22. The average molecular weight is 326 g/mol. The monoisotopic (exact) mass is 326 g/mol. The summed E-state index contributed by atoms with van der Waals surface area (Å²) in [4.78, 5) is 11.5. The van der Waals surface area contributed by atoms with Crippen LogP contribution in [0.15, 0.2) is 24.3 Å². The van der Waals surface area contributed by atoms with Crippen LogP contribution in [-0.4, -0.2) is 35.2 Å². The van der Waals surface area contributed by atoms with Crippen LogP contribution in [0.25, 0.3) is 0 Å². The van der Waals surface area contributed by atoms with Crippen molar-refractivity contribution < 1.29 is 9.53 Å². The van der Waals surface area contributed by atoms with Gasteiger partial charge in [0.1, 0.15) is 0 Å². The van der Waals surface area contributed by atoms with Gasteiger partial charge in [0.25, 0.3) is 0 Å². The van der Waals surface area contributed by atoms with E-state index in [4.69, 9.17) is 12.2 Å². The molecule has 6 heteroatoms. The third-order valence-electron chi connectivity index (χ3n) is 2.46. The maximum absolute atomic E-state index is 11.5. The zero-order chi connectivity index (χ0) is 15.9. The van der Waals surface area contributed by atoms with E-state index in [1.807, 2.05) is 17.8 Å². The van der Waals surface area contributed by atoms with Crippen molar-refractivity contribution in [2.45, 2.75) is 25.5 Å². The van der Waals surface area contributed by atoms with Crippen LogP contribution in [0.2, 0.25) is 0 Å². The molecule has 0 saturated carbocycles.